The number of hydrogen-bond acceptors (Lipinski definition) is 7. The first-order chi connectivity index (χ1) is 14.1. The molecular formula is C21H29NO7S. The Morgan fingerprint density at radius 3 is 2.50 bits per heavy atom. The predicted molar refractivity (Wildman–Crippen MR) is 108 cm³/mol. The van der Waals surface area contributed by atoms with Gasteiger partial charge in [-0.25, -0.2) is 0 Å². The Bertz CT molecular complexity index is 940. The predicted octanol–water partition coefficient (Wildman–Crippen LogP) is 0.724. The first kappa shape index (κ1) is 20.8. The van der Waals surface area contributed by atoms with Gasteiger partial charge >= 0.3 is 0 Å². The van der Waals surface area contributed by atoms with Gasteiger partial charge in [-0.15, -0.1) is 0 Å². The quantitative estimate of drug-likeness (QED) is 0.487. The van der Waals surface area contributed by atoms with Crippen LogP contribution in [0.3, 0.4) is 0 Å². The summed E-state index contributed by atoms with van der Waals surface area (Å²) in [5, 5.41) is 12.0. The molecule has 4 fully saturated rings. The molecule has 2 aliphatic carbocycles. The van der Waals surface area contributed by atoms with Crippen LogP contribution >= 0.6 is 0 Å². The van der Waals surface area contributed by atoms with Crippen molar-refractivity contribution < 1.29 is 32.3 Å². The molecule has 1 aromatic carbocycles. The molecule has 2 N–H and O–H groups in total. The minimum absolute atomic E-state index is 0.0144. The summed E-state index contributed by atoms with van der Waals surface area (Å²) in [6.45, 7) is 2.27. The fourth-order valence-electron chi connectivity index (χ4n) is 6.53. The molecule has 1 unspecified atom stereocenters. The summed E-state index contributed by atoms with van der Waals surface area (Å²) in [7, 11) is -1.51. The van der Waals surface area contributed by atoms with Crippen molar-refractivity contribution in [2.45, 2.75) is 60.7 Å². The minimum atomic E-state index is -3.67. The number of piperidine rings is 1. The van der Waals surface area contributed by atoms with Crippen LogP contribution in [0.1, 0.15) is 30.4 Å². The molecule has 0 amide bonds. The van der Waals surface area contributed by atoms with Crippen molar-refractivity contribution in [2.75, 3.05) is 33.1 Å². The van der Waals surface area contributed by atoms with E-state index >= 15 is 0 Å². The zero-order chi connectivity index (χ0) is 21.4. The maximum absolute atomic E-state index is 12.0. The van der Waals surface area contributed by atoms with Crippen LogP contribution < -0.4 is 0 Å². The van der Waals surface area contributed by atoms with Crippen molar-refractivity contribution in [1.82, 2.24) is 4.90 Å². The summed E-state index contributed by atoms with van der Waals surface area (Å²) in [6, 6.07) is 8.82. The number of ether oxygens (including phenoxy) is 3. The van der Waals surface area contributed by atoms with E-state index in [-0.39, 0.29) is 29.5 Å². The van der Waals surface area contributed by atoms with Crippen LogP contribution in [-0.2, 0) is 36.2 Å². The number of likely N-dealkylation sites (N-methyl/N-ethyl adjacent to an activating group) is 1. The van der Waals surface area contributed by atoms with Crippen LogP contribution in [0.25, 0.3) is 0 Å². The molecule has 2 bridgehead atoms. The molecule has 0 radical (unpaired) electrons. The summed E-state index contributed by atoms with van der Waals surface area (Å²) in [5.74, 6) is 0. The van der Waals surface area contributed by atoms with E-state index in [2.05, 4.69) is 36.2 Å². The van der Waals surface area contributed by atoms with Crippen molar-refractivity contribution in [3.63, 3.8) is 0 Å². The number of epoxide rings is 1. The van der Waals surface area contributed by atoms with Gasteiger partial charge in [0.25, 0.3) is 10.1 Å². The van der Waals surface area contributed by atoms with Crippen LogP contribution in [-0.4, -0.2) is 85.7 Å². The Kier molecular flexibility index (Phi) is 4.66. The van der Waals surface area contributed by atoms with E-state index in [0.29, 0.717) is 19.5 Å². The highest BCUT2D eigenvalue weighted by atomic mass is 32.2. The number of hydrogen-bond donors (Lipinski definition) is 2. The summed E-state index contributed by atoms with van der Waals surface area (Å²) < 4.78 is 44.0. The summed E-state index contributed by atoms with van der Waals surface area (Å²) in [4.78, 5) is 2.35. The SMILES string of the molecule is CN1CC[C@@]23c4ccccc4C[C@@H]1[C@]2(O)CCC1(C2OCCO2)O[C@@H]13.CS(=O)(=O)O. The van der Waals surface area contributed by atoms with E-state index in [1.54, 1.807) is 0 Å². The number of rotatable bonds is 1. The molecular weight excluding hydrogens is 410 g/mol. The summed E-state index contributed by atoms with van der Waals surface area (Å²) in [5.41, 5.74) is 1.22. The van der Waals surface area contributed by atoms with Crippen molar-refractivity contribution in [1.29, 1.82) is 0 Å². The molecule has 3 aliphatic heterocycles. The van der Waals surface area contributed by atoms with Gasteiger partial charge in [-0.1, -0.05) is 24.3 Å². The molecule has 1 aromatic rings. The second kappa shape index (κ2) is 6.71. The van der Waals surface area contributed by atoms with Crippen LogP contribution in [0.15, 0.2) is 24.3 Å². The number of nitrogens with zero attached hydrogens (tertiary/aromatic N) is 1. The third kappa shape index (κ3) is 2.83. The molecule has 0 aromatic heterocycles. The van der Waals surface area contributed by atoms with Gasteiger partial charge in [0, 0.05) is 6.04 Å². The van der Waals surface area contributed by atoms with Crippen molar-refractivity contribution in [2.24, 2.45) is 0 Å². The molecule has 3 saturated heterocycles. The lowest BCUT2D eigenvalue weighted by Gasteiger charge is -2.63. The third-order valence-electron chi connectivity index (χ3n) is 7.72. The van der Waals surface area contributed by atoms with E-state index in [4.69, 9.17) is 18.8 Å². The molecule has 6 rings (SSSR count). The Balaban J connectivity index is 0.000000349. The topological polar surface area (TPSA) is 109 Å². The van der Waals surface area contributed by atoms with Gasteiger partial charge in [0.05, 0.1) is 30.5 Å². The number of aliphatic hydroxyl groups is 1. The van der Waals surface area contributed by atoms with E-state index in [9.17, 15) is 13.5 Å². The van der Waals surface area contributed by atoms with Gasteiger partial charge in [-0.05, 0) is 50.4 Å². The van der Waals surface area contributed by atoms with Gasteiger partial charge < -0.3 is 24.2 Å². The van der Waals surface area contributed by atoms with Gasteiger partial charge in [-0.3, -0.25) is 4.55 Å². The maximum Gasteiger partial charge on any atom is 0.261 e. The van der Waals surface area contributed by atoms with E-state index in [1.807, 2.05) is 0 Å². The first-order valence-corrected chi connectivity index (χ1v) is 12.3. The van der Waals surface area contributed by atoms with Crippen LogP contribution in [0.5, 0.6) is 0 Å². The molecule has 30 heavy (non-hydrogen) atoms. The van der Waals surface area contributed by atoms with E-state index in [1.165, 1.54) is 11.1 Å². The Morgan fingerprint density at radius 2 is 1.80 bits per heavy atom. The van der Waals surface area contributed by atoms with Crippen molar-refractivity contribution in [3.8, 4) is 0 Å². The van der Waals surface area contributed by atoms with Crippen molar-refractivity contribution >= 4 is 10.1 Å². The molecule has 166 valence electrons. The van der Waals surface area contributed by atoms with E-state index in [0.717, 1.165) is 32.2 Å². The van der Waals surface area contributed by atoms with Crippen LogP contribution in [0.4, 0.5) is 0 Å². The zero-order valence-electron chi connectivity index (χ0n) is 17.3. The second-order valence-corrected chi connectivity index (χ2v) is 10.7. The fourth-order valence-corrected chi connectivity index (χ4v) is 6.53. The smallest absolute Gasteiger partial charge is 0.261 e. The highest BCUT2D eigenvalue weighted by molar-refractivity contribution is 7.85. The first-order valence-electron chi connectivity index (χ1n) is 10.5. The molecule has 5 aliphatic rings. The lowest BCUT2D eigenvalue weighted by molar-refractivity contribution is -0.172. The van der Waals surface area contributed by atoms with Crippen molar-refractivity contribution in [3.05, 3.63) is 35.4 Å². The van der Waals surface area contributed by atoms with Gasteiger partial charge in [0.2, 0.25) is 0 Å². The van der Waals surface area contributed by atoms with Gasteiger partial charge in [-0.2, -0.15) is 8.42 Å². The second-order valence-electron chi connectivity index (χ2n) is 9.26. The van der Waals surface area contributed by atoms with Crippen LogP contribution in [0.2, 0.25) is 0 Å². The highest BCUT2D eigenvalue weighted by Crippen LogP contribution is 2.68. The highest BCUT2D eigenvalue weighted by Gasteiger charge is 2.81. The summed E-state index contributed by atoms with van der Waals surface area (Å²) >= 11 is 0. The minimum Gasteiger partial charge on any atom is -0.387 e. The molecule has 8 nitrogen and oxygen atoms in total. The molecule has 9 heteroatoms. The number of benzene rings is 1. The van der Waals surface area contributed by atoms with Crippen LogP contribution in [0, 0.1) is 0 Å². The average Bonchev–Trinajstić information content (AvgIpc) is 3.17. The lowest BCUT2D eigenvalue weighted by Crippen LogP contribution is -2.75. The Labute approximate surface area is 176 Å². The number of fused-ring (bicyclic) bond motifs is 2. The molecule has 0 spiro atoms. The third-order valence-corrected chi connectivity index (χ3v) is 7.72. The Hall–Kier alpha value is -1.07. The summed E-state index contributed by atoms with van der Waals surface area (Å²) in [6.07, 6.45) is 3.83. The fraction of sp³-hybridized carbons (Fsp3) is 0.714. The van der Waals surface area contributed by atoms with Gasteiger partial charge in [0.15, 0.2) is 6.29 Å². The molecule has 1 saturated carbocycles. The molecule has 3 heterocycles. The largest absolute Gasteiger partial charge is 0.387 e. The number of likely N-dealkylation sites (tertiary alicyclic amines) is 1. The zero-order valence-corrected chi connectivity index (χ0v) is 18.1. The molecule has 5 atom stereocenters. The standard InChI is InChI=1S/C20H25NO4.CH4O3S/c1-21-9-8-18-14-5-3-2-4-13(14)12-15(21)20(18,22)7-6-19(16(18)25-19)17-23-10-11-24-17;1-5(2,3)4/h2-5,15-17,22H,6-12H2,1H3;1H3,(H,2,3,4)/t15-,16-,18+,19?,20-;/m1./s1. The van der Waals surface area contributed by atoms with Gasteiger partial charge in [0.1, 0.15) is 11.7 Å². The normalized spacial score (nSPS) is 42.4. The maximum atomic E-state index is 12.0. The Morgan fingerprint density at radius 1 is 1.13 bits per heavy atom. The lowest BCUT2D eigenvalue weighted by atomic mass is 9.48. The monoisotopic (exact) mass is 439 g/mol. The van der Waals surface area contributed by atoms with E-state index < -0.39 is 15.7 Å². The average molecular weight is 440 g/mol.